The highest BCUT2D eigenvalue weighted by Crippen LogP contribution is 2.25. The second-order valence-electron chi connectivity index (χ2n) is 5.88. The van der Waals surface area contributed by atoms with Gasteiger partial charge in [0.25, 0.3) is 5.91 Å². The summed E-state index contributed by atoms with van der Waals surface area (Å²) in [7, 11) is -2.56. The van der Waals surface area contributed by atoms with Crippen molar-refractivity contribution in [1.82, 2.24) is 14.8 Å². The molecule has 0 atom stereocenters. The Bertz CT molecular complexity index is 1120. The number of benzene rings is 2. The maximum absolute atomic E-state index is 12.7. The molecular formula is C18H19N5O4S. The second-order valence-corrected chi connectivity index (χ2v) is 7.44. The molecule has 3 rings (SSSR count). The monoisotopic (exact) mass is 401 g/mol. The molecule has 3 aromatic rings. The normalized spacial score (nSPS) is 11.2. The Morgan fingerprint density at radius 3 is 2.71 bits per heavy atom. The van der Waals surface area contributed by atoms with Gasteiger partial charge in [-0.3, -0.25) is 4.79 Å². The number of aryl methyl sites for hydroxylation is 1. The lowest BCUT2D eigenvalue weighted by molar-refractivity contribution is 0.102. The second kappa shape index (κ2) is 7.79. The van der Waals surface area contributed by atoms with Crippen LogP contribution >= 0.6 is 0 Å². The highest BCUT2D eigenvalue weighted by molar-refractivity contribution is 7.89. The summed E-state index contributed by atoms with van der Waals surface area (Å²) in [4.78, 5) is 12.6. The molecule has 0 spiro atoms. The Balaban J connectivity index is 1.93. The summed E-state index contributed by atoms with van der Waals surface area (Å²) in [5.74, 6) is 0.371. The molecule has 0 saturated carbocycles. The van der Waals surface area contributed by atoms with E-state index in [1.165, 1.54) is 25.3 Å². The Morgan fingerprint density at radius 2 is 2.04 bits per heavy atom. The van der Waals surface area contributed by atoms with Crippen molar-refractivity contribution in [2.75, 3.05) is 12.4 Å². The van der Waals surface area contributed by atoms with Gasteiger partial charge in [-0.15, -0.1) is 10.2 Å². The number of carbonyl (C=O) groups is 1. The van der Waals surface area contributed by atoms with Crippen molar-refractivity contribution < 1.29 is 17.9 Å². The average molecular weight is 401 g/mol. The number of carbonyl (C=O) groups excluding carboxylic acids is 1. The van der Waals surface area contributed by atoms with Crippen LogP contribution < -0.4 is 15.2 Å². The largest absolute Gasteiger partial charge is 0.496 e. The van der Waals surface area contributed by atoms with Gasteiger partial charge < -0.3 is 14.6 Å². The fraction of sp³-hybridized carbons (Fsp3) is 0.167. The quantitative estimate of drug-likeness (QED) is 0.649. The number of methoxy groups -OCH3 is 1. The van der Waals surface area contributed by atoms with Gasteiger partial charge in [-0.05, 0) is 37.3 Å². The van der Waals surface area contributed by atoms with Crippen LogP contribution in [-0.4, -0.2) is 36.2 Å². The topological polar surface area (TPSA) is 129 Å². The summed E-state index contributed by atoms with van der Waals surface area (Å²) < 4.78 is 30.2. The molecule has 28 heavy (non-hydrogen) atoms. The molecule has 10 heteroatoms. The number of amides is 1. The van der Waals surface area contributed by atoms with Crippen molar-refractivity contribution >= 4 is 21.6 Å². The van der Waals surface area contributed by atoms with E-state index in [2.05, 4.69) is 15.5 Å². The summed E-state index contributed by atoms with van der Waals surface area (Å²) in [6.07, 6.45) is 1.63. The zero-order valence-electron chi connectivity index (χ0n) is 15.3. The number of nitrogens with one attached hydrogen (secondary N) is 1. The molecule has 0 radical (unpaired) electrons. The van der Waals surface area contributed by atoms with Crippen LogP contribution in [0.25, 0.3) is 11.4 Å². The standard InChI is InChI=1S/C18H19N5O4S/c1-3-23-11-20-22-17(23)12-5-4-6-13(9-12)21-18(24)15-10-14(28(19,25)26)7-8-16(15)27-2/h4-11H,3H2,1-2H3,(H,21,24)(H2,19,25,26). The minimum absolute atomic E-state index is 0.0520. The molecule has 0 aliphatic heterocycles. The first-order chi connectivity index (χ1) is 13.3. The fourth-order valence-corrected chi connectivity index (χ4v) is 3.23. The number of primary sulfonamides is 1. The molecule has 0 aliphatic rings. The lowest BCUT2D eigenvalue weighted by atomic mass is 10.1. The van der Waals surface area contributed by atoms with Crippen molar-refractivity contribution in [2.24, 2.45) is 5.14 Å². The van der Waals surface area contributed by atoms with E-state index in [-0.39, 0.29) is 16.2 Å². The Hall–Kier alpha value is -3.24. The van der Waals surface area contributed by atoms with Gasteiger partial charge in [0, 0.05) is 17.8 Å². The molecule has 0 bridgehead atoms. The van der Waals surface area contributed by atoms with E-state index < -0.39 is 15.9 Å². The number of nitrogens with zero attached hydrogens (tertiary/aromatic N) is 3. The number of hydrogen-bond donors (Lipinski definition) is 2. The molecule has 146 valence electrons. The first kappa shape index (κ1) is 19.5. The van der Waals surface area contributed by atoms with Crippen LogP contribution in [0.3, 0.4) is 0 Å². The van der Waals surface area contributed by atoms with Gasteiger partial charge in [-0.25, -0.2) is 13.6 Å². The minimum atomic E-state index is -3.95. The molecule has 0 fully saturated rings. The van der Waals surface area contributed by atoms with E-state index in [1.54, 1.807) is 24.5 Å². The van der Waals surface area contributed by atoms with Gasteiger partial charge in [0.1, 0.15) is 12.1 Å². The molecule has 1 aromatic heterocycles. The molecule has 2 aromatic carbocycles. The van der Waals surface area contributed by atoms with Crippen molar-refractivity contribution in [1.29, 1.82) is 0 Å². The number of hydrogen-bond acceptors (Lipinski definition) is 6. The van der Waals surface area contributed by atoms with Crippen LogP contribution in [0.1, 0.15) is 17.3 Å². The van der Waals surface area contributed by atoms with Crippen LogP contribution in [-0.2, 0) is 16.6 Å². The van der Waals surface area contributed by atoms with Gasteiger partial charge in [-0.2, -0.15) is 0 Å². The first-order valence-corrected chi connectivity index (χ1v) is 9.88. The van der Waals surface area contributed by atoms with Crippen molar-refractivity contribution in [3.05, 3.63) is 54.4 Å². The number of ether oxygens (including phenoxy) is 1. The maximum Gasteiger partial charge on any atom is 0.259 e. The number of nitrogens with two attached hydrogens (primary N) is 1. The van der Waals surface area contributed by atoms with E-state index in [0.717, 1.165) is 5.56 Å². The fourth-order valence-electron chi connectivity index (χ4n) is 2.69. The van der Waals surface area contributed by atoms with E-state index in [4.69, 9.17) is 9.88 Å². The summed E-state index contributed by atoms with van der Waals surface area (Å²) in [6.45, 7) is 2.68. The molecule has 0 aliphatic carbocycles. The van der Waals surface area contributed by atoms with Gasteiger partial charge in [0.2, 0.25) is 10.0 Å². The molecule has 9 nitrogen and oxygen atoms in total. The Labute approximate surface area is 162 Å². The molecular weight excluding hydrogens is 382 g/mol. The SMILES string of the molecule is CCn1cnnc1-c1cccc(NC(=O)c2cc(S(N)(=O)=O)ccc2OC)c1. The first-order valence-electron chi connectivity index (χ1n) is 8.34. The zero-order chi connectivity index (χ0) is 20.3. The number of rotatable bonds is 6. The summed E-state index contributed by atoms with van der Waals surface area (Å²) in [6, 6.07) is 10.9. The number of aromatic nitrogens is 3. The summed E-state index contributed by atoms with van der Waals surface area (Å²) >= 11 is 0. The van der Waals surface area contributed by atoms with Gasteiger partial charge in [0.05, 0.1) is 17.6 Å². The van der Waals surface area contributed by atoms with Gasteiger partial charge in [0.15, 0.2) is 5.82 Å². The van der Waals surface area contributed by atoms with Crippen LogP contribution in [0, 0.1) is 0 Å². The highest BCUT2D eigenvalue weighted by Gasteiger charge is 2.18. The van der Waals surface area contributed by atoms with E-state index in [9.17, 15) is 13.2 Å². The van der Waals surface area contributed by atoms with Crippen molar-refractivity contribution in [3.8, 4) is 17.1 Å². The molecule has 1 amide bonds. The third-order valence-corrected chi connectivity index (χ3v) is 4.99. The summed E-state index contributed by atoms with van der Waals surface area (Å²) in [5, 5.41) is 15.9. The molecule has 0 saturated heterocycles. The van der Waals surface area contributed by atoms with E-state index >= 15 is 0 Å². The van der Waals surface area contributed by atoms with Crippen LogP contribution in [0.4, 0.5) is 5.69 Å². The molecule has 1 heterocycles. The predicted octanol–water partition coefficient (Wildman–Crippen LogP) is 1.87. The number of anilines is 1. The highest BCUT2D eigenvalue weighted by atomic mass is 32.2. The van der Waals surface area contributed by atoms with E-state index in [1.807, 2.05) is 17.6 Å². The zero-order valence-corrected chi connectivity index (χ0v) is 16.1. The van der Waals surface area contributed by atoms with Crippen LogP contribution in [0.15, 0.2) is 53.7 Å². The lowest BCUT2D eigenvalue weighted by Crippen LogP contribution is -2.16. The summed E-state index contributed by atoms with van der Waals surface area (Å²) in [5.41, 5.74) is 1.34. The molecule has 3 N–H and O–H groups in total. The smallest absolute Gasteiger partial charge is 0.259 e. The molecule has 0 unspecified atom stereocenters. The van der Waals surface area contributed by atoms with Crippen LogP contribution in [0.2, 0.25) is 0 Å². The third-order valence-electron chi connectivity index (χ3n) is 4.08. The van der Waals surface area contributed by atoms with E-state index in [0.29, 0.717) is 18.1 Å². The minimum Gasteiger partial charge on any atom is -0.496 e. The third kappa shape index (κ3) is 4.02. The predicted molar refractivity (Wildman–Crippen MR) is 103 cm³/mol. The Morgan fingerprint density at radius 1 is 1.25 bits per heavy atom. The average Bonchev–Trinajstić information content (AvgIpc) is 3.15. The lowest BCUT2D eigenvalue weighted by Gasteiger charge is -2.11. The Kier molecular flexibility index (Phi) is 5.43. The van der Waals surface area contributed by atoms with Crippen molar-refractivity contribution in [3.63, 3.8) is 0 Å². The maximum atomic E-state index is 12.7. The van der Waals surface area contributed by atoms with Crippen molar-refractivity contribution in [2.45, 2.75) is 18.4 Å². The van der Waals surface area contributed by atoms with Crippen LogP contribution in [0.5, 0.6) is 5.75 Å². The number of sulfonamides is 1. The van der Waals surface area contributed by atoms with Gasteiger partial charge in [-0.1, -0.05) is 12.1 Å². The van der Waals surface area contributed by atoms with Gasteiger partial charge >= 0.3 is 0 Å².